The summed E-state index contributed by atoms with van der Waals surface area (Å²) in [6.07, 6.45) is 0. The van der Waals surface area contributed by atoms with Crippen molar-refractivity contribution in [3.63, 3.8) is 0 Å². The average Bonchev–Trinajstić information content (AvgIpc) is 2.95. The maximum Gasteiger partial charge on any atom is 0.173 e. The molecule has 0 fully saturated rings. The fourth-order valence-corrected chi connectivity index (χ4v) is 2.29. The van der Waals surface area contributed by atoms with Crippen LogP contribution in [0.3, 0.4) is 0 Å². The number of aromatic nitrogens is 2. The molecule has 1 heterocycles. The second-order valence-corrected chi connectivity index (χ2v) is 5.65. The van der Waals surface area contributed by atoms with Gasteiger partial charge >= 0.3 is 0 Å². The highest BCUT2D eigenvalue weighted by Gasteiger charge is 2.12. The lowest BCUT2D eigenvalue weighted by Crippen LogP contribution is -1.83. The number of anilines is 1. The average molecular weight is 372 g/mol. The predicted molar refractivity (Wildman–Crippen MR) is 93.3 cm³/mol. The minimum absolute atomic E-state index is 0.306. The van der Waals surface area contributed by atoms with Gasteiger partial charge in [0.2, 0.25) is 0 Å². The Kier molecular flexibility index (Phi) is 4.38. The van der Waals surface area contributed by atoms with E-state index in [2.05, 4.69) is 36.4 Å². The summed E-state index contributed by atoms with van der Waals surface area (Å²) in [6.45, 7) is 0. The van der Waals surface area contributed by atoms with Gasteiger partial charge in [0, 0.05) is 10.0 Å². The fraction of sp³-hybridized carbons (Fsp3) is 0.0625. The number of hydrogen-bond acceptors (Lipinski definition) is 5. The third-order valence-corrected chi connectivity index (χ3v) is 3.77. The van der Waals surface area contributed by atoms with Crippen molar-refractivity contribution in [1.29, 1.82) is 0 Å². The van der Waals surface area contributed by atoms with Gasteiger partial charge in [0.15, 0.2) is 11.5 Å². The van der Waals surface area contributed by atoms with Crippen LogP contribution < -0.4 is 10.5 Å². The molecule has 0 radical (unpaired) electrons. The standard InChI is InChI=1S/C16H14BrN5O/c1-23-13-8-6-12(7-9-13)19-21-15-14(20-22-16(15)18)10-2-4-11(17)5-3-10/h2-9H,1H3,(H3,18,20,22). The van der Waals surface area contributed by atoms with Crippen LogP contribution in [-0.2, 0) is 0 Å². The normalized spacial score (nSPS) is 11.0. The zero-order chi connectivity index (χ0) is 16.2. The number of benzene rings is 2. The summed E-state index contributed by atoms with van der Waals surface area (Å²) in [5.74, 6) is 1.07. The number of nitrogens with one attached hydrogen (secondary N) is 1. The Balaban J connectivity index is 1.91. The molecule has 0 unspecified atom stereocenters. The molecule has 3 N–H and O–H groups in total. The molecule has 7 heteroatoms. The summed E-state index contributed by atoms with van der Waals surface area (Å²) >= 11 is 3.41. The van der Waals surface area contributed by atoms with Crippen LogP contribution in [0.2, 0.25) is 0 Å². The van der Waals surface area contributed by atoms with E-state index in [0.29, 0.717) is 17.2 Å². The van der Waals surface area contributed by atoms with Crippen LogP contribution in [0.1, 0.15) is 0 Å². The van der Waals surface area contributed by atoms with E-state index in [4.69, 9.17) is 10.5 Å². The van der Waals surface area contributed by atoms with Crippen molar-refractivity contribution >= 4 is 33.1 Å². The Morgan fingerprint density at radius 3 is 2.39 bits per heavy atom. The lowest BCUT2D eigenvalue weighted by Gasteiger charge is -2.00. The molecule has 0 atom stereocenters. The van der Waals surface area contributed by atoms with E-state index in [1.807, 2.05) is 48.5 Å². The number of aromatic amines is 1. The smallest absolute Gasteiger partial charge is 0.173 e. The van der Waals surface area contributed by atoms with Crippen LogP contribution in [0.15, 0.2) is 63.2 Å². The molecule has 0 aliphatic heterocycles. The fourth-order valence-electron chi connectivity index (χ4n) is 2.03. The van der Waals surface area contributed by atoms with Crippen molar-refractivity contribution in [2.45, 2.75) is 0 Å². The van der Waals surface area contributed by atoms with Gasteiger partial charge in [0.1, 0.15) is 5.75 Å². The Bertz CT molecular complexity index is 825. The van der Waals surface area contributed by atoms with Gasteiger partial charge in [-0.05, 0) is 36.4 Å². The van der Waals surface area contributed by atoms with Gasteiger partial charge in [-0.25, -0.2) is 0 Å². The highest BCUT2D eigenvalue weighted by Crippen LogP contribution is 2.34. The SMILES string of the molecule is COc1ccc(N=Nc2c(N)n[nH]c2-c2ccc(Br)cc2)cc1. The molecule has 3 aromatic rings. The highest BCUT2D eigenvalue weighted by molar-refractivity contribution is 9.10. The first-order valence-corrected chi connectivity index (χ1v) is 7.62. The molecule has 3 rings (SSSR count). The van der Waals surface area contributed by atoms with Crippen molar-refractivity contribution in [3.8, 4) is 17.0 Å². The van der Waals surface area contributed by atoms with Crippen molar-refractivity contribution in [2.24, 2.45) is 10.2 Å². The van der Waals surface area contributed by atoms with Crippen LogP contribution in [0, 0.1) is 0 Å². The van der Waals surface area contributed by atoms with E-state index in [9.17, 15) is 0 Å². The number of nitrogen functional groups attached to an aromatic ring is 1. The van der Waals surface area contributed by atoms with E-state index in [-0.39, 0.29) is 0 Å². The highest BCUT2D eigenvalue weighted by atomic mass is 79.9. The Morgan fingerprint density at radius 1 is 1.04 bits per heavy atom. The summed E-state index contributed by atoms with van der Waals surface area (Å²) in [6, 6.07) is 15.1. The molecule has 1 aromatic heterocycles. The molecule has 0 spiro atoms. The number of azo groups is 1. The zero-order valence-electron chi connectivity index (χ0n) is 12.3. The number of methoxy groups -OCH3 is 1. The number of halogens is 1. The number of nitrogens with two attached hydrogens (primary N) is 1. The van der Waals surface area contributed by atoms with Gasteiger partial charge in [-0.1, -0.05) is 28.1 Å². The molecular formula is C16H14BrN5O. The molecule has 0 saturated carbocycles. The number of H-pyrrole nitrogens is 1. The minimum Gasteiger partial charge on any atom is -0.497 e. The van der Waals surface area contributed by atoms with Gasteiger partial charge in [-0.15, -0.1) is 5.11 Å². The van der Waals surface area contributed by atoms with Gasteiger partial charge in [-0.2, -0.15) is 10.2 Å². The summed E-state index contributed by atoms with van der Waals surface area (Å²) in [5.41, 5.74) is 8.77. The third-order valence-electron chi connectivity index (χ3n) is 3.24. The largest absolute Gasteiger partial charge is 0.497 e. The minimum atomic E-state index is 0.306. The van der Waals surface area contributed by atoms with Crippen LogP contribution in [0.4, 0.5) is 17.2 Å². The number of ether oxygens (including phenoxy) is 1. The first kappa shape index (κ1) is 15.2. The number of rotatable bonds is 4. The molecular weight excluding hydrogens is 358 g/mol. The Morgan fingerprint density at radius 2 is 1.74 bits per heavy atom. The predicted octanol–water partition coefficient (Wildman–Crippen LogP) is 4.85. The Hall–Kier alpha value is -2.67. The molecule has 23 heavy (non-hydrogen) atoms. The Labute approximate surface area is 141 Å². The number of hydrogen-bond donors (Lipinski definition) is 2. The van der Waals surface area contributed by atoms with Gasteiger partial charge in [0.25, 0.3) is 0 Å². The van der Waals surface area contributed by atoms with Crippen LogP contribution in [0.5, 0.6) is 5.75 Å². The quantitative estimate of drug-likeness (QED) is 0.642. The van der Waals surface area contributed by atoms with Crippen LogP contribution >= 0.6 is 15.9 Å². The van der Waals surface area contributed by atoms with Gasteiger partial charge in [-0.3, -0.25) is 5.10 Å². The molecule has 0 saturated heterocycles. The van der Waals surface area contributed by atoms with E-state index >= 15 is 0 Å². The second-order valence-electron chi connectivity index (χ2n) is 4.74. The van der Waals surface area contributed by atoms with E-state index < -0.39 is 0 Å². The maximum absolute atomic E-state index is 5.89. The molecule has 0 bridgehead atoms. The van der Waals surface area contributed by atoms with Crippen LogP contribution in [0.25, 0.3) is 11.3 Å². The topological polar surface area (TPSA) is 88.7 Å². The second kappa shape index (κ2) is 6.62. The molecule has 6 nitrogen and oxygen atoms in total. The van der Waals surface area contributed by atoms with E-state index in [0.717, 1.165) is 21.5 Å². The van der Waals surface area contributed by atoms with E-state index in [1.165, 1.54) is 0 Å². The molecule has 0 aliphatic carbocycles. The van der Waals surface area contributed by atoms with Gasteiger partial charge < -0.3 is 10.5 Å². The van der Waals surface area contributed by atoms with E-state index in [1.54, 1.807) is 7.11 Å². The molecule has 0 amide bonds. The summed E-state index contributed by atoms with van der Waals surface area (Å²) in [5, 5.41) is 15.4. The third kappa shape index (κ3) is 3.40. The summed E-state index contributed by atoms with van der Waals surface area (Å²) < 4.78 is 6.11. The molecule has 0 aliphatic rings. The van der Waals surface area contributed by atoms with Crippen LogP contribution in [-0.4, -0.2) is 17.3 Å². The van der Waals surface area contributed by atoms with Crippen molar-refractivity contribution < 1.29 is 4.74 Å². The molecule has 116 valence electrons. The first-order valence-electron chi connectivity index (χ1n) is 6.83. The van der Waals surface area contributed by atoms with Crippen molar-refractivity contribution in [3.05, 3.63) is 53.0 Å². The number of nitrogens with zero attached hydrogens (tertiary/aromatic N) is 3. The summed E-state index contributed by atoms with van der Waals surface area (Å²) in [4.78, 5) is 0. The first-order chi connectivity index (χ1) is 11.2. The lowest BCUT2D eigenvalue weighted by molar-refractivity contribution is 0.415. The molecule has 2 aromatic carbocycles. The monoisotopic (exact) mass is 371 g/mol. The summed E-state index contributed by atoms with van der Waals surface area (Å²) in [7, 11) is 1.62. The zero-order valence-corrected chi connectivity index (χ0v) is 13.9. The van der Waals surface area contributed by atoms with Crippen molar-refractivity contribution in [1.82, 2.24) is 10.2 Å². The maximum atomic E-state index is 5.89. The van der Waals surface area contributed by atoms with Crippen molar-refractivity contribution in [2.75, 3.05) is 12.8 Å². The lowest BCUT2D eigenvalue weighted by atomic mass is 10.1. The van der Waals surface area contributed by atoms with Gasteiger partial charge in [0.05, 0.1) is 18.5 Å².